The van der Waals surface area contributed by atoms with Crippen molar-refractivity contribution >= 4 is 5.91 Å². The first-order chi connectivity index (χ1) is 11.6. The van der Waals surface area contributed by atoms with E-state index in [1.165, 1.54) is 11.1 Å². The van der Waals surface area contributed by atoms with E-state index in [0.29, 0.717) is 18.7 Å². The van der Waals surface area contributed by atoms with Gasteiger partial charge >= 0.3 is 0 Å². The second-order valence-electron chi connectivity index (χ2n) is 6.74. The highest BCUT2D eigenvalue weighted by Crippen LogP contribution is 2.25. The molecule has 2 aliphatic rings. The minimum Gasteiger partial charge on any atom is -0.390 e. The van der Waals surface area contributed by atoms with E-state index in [1.807, 2.05) is 0 Å². The van der Waals surface area contributed by atoms with Crippen molar-refractivity contribution in [3.05, 3.63) is 53.3 Å². The first kappa shape index (κ1) is 15.4. The molecule has 2 atom stereocenters. The van der Waals surface area contributed by atoms with Gasteiger partial charge in [0, 0.05) is 39.4 Å². The average molecular weight is 326 g/mol. The normalized spacial score (nSPS) is 24.2. The van der Waals surface area contributed by atoms with Crippen LogP contribution in [0.15, 0.2) is 36.7 Å². The van der Waals surface area contributed by atoms with Gasteiger partial charge in [-0.3, -0.25) is 14.4 Å². The van der Waals surface area contributed by atoms with Crippen LogP contribution in [0.5, 0.6) is 0 Å². The average Bonchev–Trinajstić information content (AvgIpc) is 3.20. The highest BCUT2D eigenvalue weighted by atomic mass is 16.3. The lowest BCUT2D eigenvalue weighted by Crippen LogP contribution is -2.45. The van der Waals surface area contributed by atoms with E-state index in [0.717, 1.165) is 19.5 Å². The molecule has 0 spiro atoms. The molecule has 126 valence electrons. The molecule has 4 rings (SSSR count). The van der Waals surface area contributed by atoms with Gasteiger partial charge in [0.25, 0.3) is 5.91 Å². The standard InChI is InChI=1S/C18H22N4O2/c1-20-9-15(8-19-20)18(24)22-11-16(17(23)12-22)21-7-6-13-4-2-3-5-14(13)10-21/h2-5,8-9,16-17,23H,6-7,10-12H2,1H3/t16-,17-/m1/s1. The van der Waals surface area contributed by atoms with Gasteiger partial charge in [-0.15, -0.1) is 0 Å². The molecule has 0 saturated carbocycles. The molecule has 0 aliphatic carbocycles. The molecule has 0 radical (unpaired) electrons. The van der Waals surface area contributed by atoms with Gasteiger partial charge in [-0.05, 0) is 17.5 Å². The third kappa shape index (κ3) is 2.72. The number of hydrogen-bond donors (Lipinski definition) is 1. The number of benzene rings is 1. The fraction of sp³-hybridized carbons (Fsp3) is 0.444. The number of aliphatic hydroxyl groups is 1. The number of amides is 1. The van der Waals surface area contributed by atoms with Crippen LogP contribution < -0.4 is 0 Å². The molecule has 1 amide bonds. The molecule has 1 fully saturated rings. The Morgan fingerprint density at radius 1 is 1.25 bits per heavy atom. The quantitative estimate of drug-likeness (QED) is 0.881. The summed E-state index contributed by atoms with van der Waals surface area (Å²) in [4.78, 5) is 16.6. The Morgan fingerprint density at radius 3 is 2.79 bits per heavy atom. The minimum absolute atomic E-state index is 0.000947. The maximum absolute atomic E-state index is 12.6. The van der Waals surface area contributed by atoms with Gasteiger partial charge in [0.15, 0.2) is 0 Å². The van der Waals surface area contributed by atoms with Gasteiger partial charge in [0.05, 0.1) is 23.9 Å². The zero-order valence-corrected chi connectivity index (χ0v) is 13.8. The lowest BCUT2D eigenvalue weighted by atomic mass is 9.98. The number of carbonyl (C=O) groups excluding carboxylic acids is 1. The van der Waals surface area contributed by atoms with Crippen molar-refractivity contribution in [2.45, 2.75) is 25.1 Å². The summed E-state index contributed by atoms with van der Waals surface area (Å²) in [5.74, 6) is -0.0536. The van der Waals surface area contributed by atoms with Crippen molar-refractivity contribution in [2.75, 3.05) is 19.6 Å². The summed E-state index contributed by atoms with van der Waals surface area (Å²) in [7, 11) is 1.80. The number of carbonyl (C=O) groups is 1. The number of aliphatic hydroxyl groups excluding tert-OH is 1. The summed E-state index contributed by atoms with van der Waals surface area (Å²) in [5, 5.41) is 14.6. The number of rotatable bonds is 2. The Hall–Kier alpha value is -2.18. The Kier molecular flexibility index (Phi) is 3.86. The van der Waals surface area contributed by atoms with Crippen molar-refractivity contribution in [1.29, 1.82) is 0 Å². The van der Waals surface area contributed by atoms with E-state index in [4.69, 9.17) is 0 Å². The lowest BCUT2D eigenvalue weighted by Gasteiger charge is -2.34. The predicted octanol–water partition coefficient (Wildman–Crippen LogP) is 0.664. The van der Waals surface area contributed by atoms with Gasteiger partial charge < -0.3 is 10.0 Å². The molecule has 1 saturated heterocycles. The van der Waals surface area contributed by atoms with Crippen LogP contribution in [-0.2, 0) is 20.0 Å². The Bertz CT molecular complexity index is 757. The molecular weight excluding hydrogens is 304 g/mol. The maximum atomic E-state index is 12.6. The molecule has 1 aromatic carbocycles. The molecule has 2 aromatic rings. The van der Waals surface area contributed by atoms with Gasteiger partial charge in [-0.2, -0.15) is 5.10 Å². The molecular formula is C18H22N4O2. The monoisotopic (exact) mass is 326 g/mol. The molecule has 1 aromatic heterocycles. The van der Waals surface area contributed by atoms with E-state index < -0.39 is 6.10 Å². The van der Waals surface area contributed by atoms with E-state index in [-0.39, 0.29) is 11.9 Å². The number of likely N-dealkylation sites (tertiary alicyclic amines) is 1. The van der Waals surface area contributed by atoms with Crippen LogP contribution in [0, 0.1) is 0 Å². The first-order valence-electron chi connectivity index (χ1n) is 8.38. The van der Waals surface area contributed by atoms with E-state index in [9.17, 15) is 9.90 Å². The number of fused-ring (bicyclic) bond motifs is 1. The first-order valence-corrected chi connectivity index (χ1v) is 8.38. The van der Waals surface area contributed by atoms with Crippen molar-refractivity contribution in [3.63, 3.8) is 0 Å². The van der Waals surface area contributed by atoms with Gasteiger partial charge in [-0.1, -0.05) is 24.3 Å². The molecule has 0 unspecified atom stereocenters. The van der Waals surface area contributed by atoms with Crippen LogP contribution in [0.25, 0.3) is 0 Å². The van der Waals surface area contributed by atoms with Gasteiger partial charge in [0.1, 0.15) is 0 Å². The van der Waals surface area contributed by atoms with E-state index >= 15 is 0 Å². The van der Waals surface area contributed by atoms with Crippen LogP contribution in [0.2, 0.25) is 0 Å². The maximum Gasteiger partial charge on any atom is 0.257 e. The summed E-state index contributed by atoms with van der Waals surface area (Å²) >= 11 is 0. The van der Waals surface area contributed by atoms with E-state index in [1.54, 1.807) is 29.0 Å². The third-order valence-electron chi connectivity index (χ3n) is 5.13. The zero-order chi connectivity index (χ0) is 16.7. The van der Waals surface area contributed by atoms with Crippen LogP contribution in [0.1, 0.15) is 21.5 Å². The molecule has 24 heavy (non-hydrogen) atoms. The molecule has 6 heteroatoms. The van der Waals surface area contributed by atoms with E-state index in [2.05, 4.69) is 34.3 Å². The molecule has 2 aliphatic heterocycles. The fourth-order valence-electron chi connectivity index (χ4n) is 3.81. The number of nitrogens with zero attached hydrogens (tertiary/aromatic N) is 4. The highest BCUT2D eigenvalue weighted by molar-refractivity contribution is 5.94. The molecule has 3 heterocycles. The Morgan fingerprint density at radius 2 is 2.04 bits per heavy atom. The van der Waals surface area contributed by atoms with Gasteiger partial charge in [0.2, 0.25) is 0 Å². The second-order valence-corrected chi connectivity index (χ2v) is 6.74. The Labute approximate surface area is 141 Å². The van der Waals surface area contributed by atoms with Crippen molar-refractivity contribution < 1.29 is 9.90 Å². The minimum atomic E-state index is -0.504. The zero-order valence-electron chi connectivity index (χ0n) is 13.8. The third-order valence-corrected chi connectivity index (χ3v) is 5.13. The van der Waals surface area contributed by atoms with Crippen molar-refractivity contribution in [3.8, 4) is 0 Å². The summed E-state index contributed by atoms with van der Waals surface area (Å²) in [6.45, 7) is 2.72. The molecule has 6 nitrogen and oxygen atoms in total. The number of aromatic nitrogens is 2. The number of aryl methyl sites for hydroxylation is 1. The number of β-amino-alcohol motifs (C(OH)–C–C–N with tert-alkyl or cyclic N) is 1. The highest BCUT2D eigenvalue weighted by Gasteiger charge is 2.39. The topological polar surface area (TPSA) is 61.6 Å². The fourth-order valence-corrected chi connectivity index (χ4v) is 3.81. The van der Waals surface area contributed by atoms with Gasteiger partial charge in [-0.25, -0.2) is 0 Å². The molecule has 0 bridgehead atoms. The summed E-state index contributed by atoms with van der Waals surface area (Å²) < 4.78 is 1.62. The van der Waals surface area contributed by atoms with Crippen LogP contribution >= 0.6 is 0 Å². The van der Waals surface area contributed by atoms with Crippen LogP contribution in [0.3, 0.4) is 0 Å². The largest absolute Gasteiger partial charge is 0.390 e. The summed E-state index contributed by atoms with van der Waals surface area (Å²) in [6.07, 6.45) is 3.80. The lowest BCUT2D eigenvalue weighted by molar-refractivity contribution is 0.0735. The second kappa shape index (κ2) is 6.03. The van der Waals surface area contributed by atoms with Crippen molar-refractivity contribution in [1.82, 2.24) is 19.6 Å². The van der Waals surface area contributed by atoms with Crippen molar-refractivity contribution in [2.24, 2.45) is 7.05 Å². The number of hydrogen-bond acceptors (Lipinski definition) is 4. The smallest absolute Gasteiger partial charge is 0.257 e. The summed E-state index contributed by atoms with van der Waals surface area (Å²) in [5.41, 5.74) is 3.30. The SMILES string of the molecule is Cn1cc(C(=O)N2C[C@@H](O)[C@H](N3CCc4ccccc4C3)C2)cn1. The Balaban J connectivity index is 1.47. The van der Waals surface area contributed by atoms with Crippen LogP contribution in [0.4, 0.5) is 0 Å². The molecule has 1 N–H and O–H groups in total. The summed E-state index contributed by atoms with van der Waals surface area (Å²) in [6, 6.07) is 8.47. The predicted molar refractivity (Wildman–Crippen MR) is 89.5 cm³/mol. The van der Waals surface area contributed by atoms with Crippen LogP contribution in [-0.4, -0.2) is 62.4 Å².